The van der Waals surface area contributed by atoms with E-state index < -0.39 is 0 Å². The predicted octanol–water partition coefficient (Wildman–Crippen LogP) is 2.16. The Morgan fingerprint density at radius 1 is 1.33 bits per heavy atom. The molecule has 2 atom stereocenters. The van der Waals surface area contributed by atoms with Gasteiger partial charge in [0.2, 0.25) is 0 Å². The van der Waals surface area contributed by atoms with Crippen LogP contribution in [-0.2, 0) is 4.74 Å². The minimum absolute atomic E-state index is 0.117. The molecule has 4 heteroatoms. The van der Waals surface area contributed by atoms with Gasteiger partial charge in [-0.05, 0) is 18.9 Å². The van der Waals surface area contributed by atoms with Gasteiger partial charge in [0.25, 0.3) is 0 Å². The molecule has 0 aromatic heterocycles. The Labute approximate surface area is 107 Å². The summed E-state index contributed by atoms with van der Waals surface area (Å²) in [6, 6.07) is 5.75. The lowest BCUT2D eigenvalue weighted by Gasteiger charge is -2.31. The maximum atomic E-state index is 9.46. The first-order valence-electron chi connectivity index (χ1n) is 6.25. The second kappa shape index (κ2) is 6.07. The molecule has 2 unspecified atom stereocenters. The minimum Gasteiger partial charge on any atom is -0.493 e. The van der Waals surface area contributed by atoms with Crippen molar-refractivity contribution < 1.29 is 19.3 Å². The third-order valence-electron chi connectivity index (χ3n) is 3.42. The van der Waals surface area contributed by atoms with Crippen LogP contribution in [0.25, 0.3) is 0 Å². The van der Waals surface area contributed by atoms with Crippen LogP contribution < -0.4 is 9.47 Å². The van der Waals surface area contributed by atoms with Crippen molar-refractivity contribution in [3.8, 4) is 11.5 Å². The standard InChI is InChI=1S/C14H20O4/c1-16-12-7-3-6-11(14(12)17-2)13-10(9-15)5-4-8-18-13/h3,6-7,10,13,15H,4-5,8-9H2,1-2H3. The zero-order valence-electron chi connectivity index (χ0n) is 10.9. The first-order chi connectivity index (χ1) is 8.81. The number of aliphatic hydroxyl groups excluding tert-OH is 1. The summed E-state index contributed by atoms with van der Waals surface area (Å²) in [6.45, 7) is 0.854. The highest BCUT2D eigenvalue weighted by Gasteiger charge is 2.30. The van der Waals surface area contributed by atoms with Crippen LogP contribution in [0.3, 0.4) is 0 Å². The molecule has 0 bridgehead atoms. The van der Waals surface area contributed by atoms with E-state index in [0.717, 1.165) is 25.0 Å². The van der Waals surface area contributed by atoms with Crippen molar-refractivity contribution in [2.24, 2.45) is 5.92 Å². The van der Waals surface area contributed by atoms with E-state index in [1.807, 2.05) is 18.2 Å². The molecule has 0 aliphatic carbocycles. The number of ether oxygens (including phenoxy) is 3. The molecular weight excluding hydrogens is 232 g/mol. The Balaban J connectivity index is 2.36. The van der Waals surface area contributed by atoms with Crippen LogP contribution in [0.1, 0.15) is 24.5 Å². The summed E-state index contributed by atoms with van der Waals surface area (Å²) in [4.78, 5) is 0. The summed E-state index contributed by atoms with van der Waals surface area (Å²) in [5, 5.41) is 9.46. The molecule has 0 saturated carbocycles. The SMILES string of the molecule is COc1cccc(C2OCCCC2CO)c1OC. The van der Waals surface area contributed by atoms with Gasteiger partial charge in [0, 0.05) is 24.7 Å². The second-order valence-electron chi connectivity index (χ2n) is 4.46. The number of hydrogen-bond donors (Lipinski definition) is 1. The van der Waals surface area contributed by atoms with Gasteiger partial charge in [0.1, 0.15) is 0 Å². The van der Waals surface area contributed by atoms with Crippen molar-refractivity contribution in [3.05, 3.63) is 23.8 Å². The van der Waals surface area contributed by atoms with E-state index in [9.17, 15) is 5.11 Å². The van der Waals surface area contributed by atoms with E-state index in [4.69, 9.17) is 14.2 Å². The normalized spacial score (nSPS) is 23.7. The van der Waals surface area contributed by atoms with Crippen LogP contribution in [0.15, 0.2) is 18.2 Å². The van der Waals surface area contributed by atoms with Crippen molar-refractivity contribution in [1.29, 1.82) is 0 Å². The van der Waals surface area contributed by atoms with Crippen molar-refractivity contribution in [3.63, 3.8) is 0 Å². The van der Waals surface area contributed by atoms with E-state index >= 15 is 0 Å². The third-order valence-corrected chi connectivity index (χ3v) is 3.42. The average Bonchev–Trinajstić information content (AvgIpc) is 2.46. The van der Waals surface area contributed by atoms with Gasteiger partial charge in [0.05, 0.1) is 20.3 Å². The molecular formula is C14H20O4. The van der Waals surface area contributed by atoms with Gasteiger partial charge in [-0.15, -0.1) is 0 Å². The van der Waals surface area contributed by atoms with E-state index in [1.54, 1.807) is 14.2 Å². The maximum Gasteiger partial charge on any atom is 0.166 e. The summed E-state index contributed by atoms with van der Waals surface area (Å²) in [6.07, 6.45) is 1.85. The number of hydrogen-bond acceptors (Lipinski definition) is 4. The van der Waals surface area contributed by atoms with Crippen LogP contribution in [0.5, 0.6) is 11.5 Å². The number of benzene rings is 1. The van der Waals surface area contributed by atoms with Crippen LogP contribution in [0.4, 0.5) is 0 Å². The van der Waals surface area contributed by atoms with Crippen molar-refractivity contribution in [2.45, 2.75) is 18.9 Å². The number of rotatable bonds is 4. The first kappa shape index (κ1) is 13.2. The number of para-hydroxylation sites is 1. The zero-order valence-corrected chi connectivity index (χ0v) is 10.9. The Morgan fingerprint density at radius 2 is 2.17 bits per heavy atom. The summed E-state index contributed by atoms with van der Waals surface area (Å²) >= 11 is 0. The Morgan fingerprint density at radius 3 is 2.83 bits per heavy atom. The largest absolute Gasteiger partial charge is 0.493 e. The summed E-state index contributed by atoms with van der Waals surface area (Å²) in [5.41, 5.74) is 0.954. The fourth-order valence-corrected chi connectivity index (χ4v) is 2.51. The lowest BCUT2D eigenvalue weighted by Crippen LogP contribution is -2.25. The highest BCUT2D eigenvalue weighted by Crippen LogP contribution is 2.41. The molecule has 1 aliphatic heterocycles. The molecule has 1 aromatic carbocycles. The Kier molecular flexibility index (Phi) is 4.44. The smallest absolute Gasteiger partial charge is 0.166 e. The molecule has 18 heavy (non-hydrogen) atoms. The molecule has 4 nitrogen and oxygen atoms in total. The average molecular weight is 252 g/mol. The molecule has 1 aromatic rings. The second-order valence-corrected chi connectivity index (χ2v) is 4.46. The first-order valence-corrected chi connectivity index (χ1v) is 6.25. The summed E-state index contributed by atoms with van der Waals surface area (Å²) < 4.78 is 16.5. The fraction of sp³-hybridized carbons (Fsp3) is 0.571. The van der Waals surface area contributed by atoms with Gasteiger partial charge in [0.15, 0.2) is 11.5 Å². The molecule has 0 amide bonds. The van der Waals surface area contributed by atoms with Gasteiger partial charge in [-0.2, -0.15) is 0 Å². The molecule has 1 aliphatic rings. The van der Waals surface area contributed by atoms with Gasteiger partial charge in [-0.1, -0.05) is 12.1 Å². The van der Waals surface area contributed by atoms with Crippen molar-refractivity contribution in [2.75, 3.05) is 27.4 Å². The molecule has 0 radical (unpaired) electrons. The highest BCUT2D eigenvalue weighted by atomic mass is 16.5. The van der Waals surface area contributed by atoms with E-state index in [1.165, 1.54) is 0 Å². The molecule has 100 valence electrons. The minimum atomic E-state index is -0.117. The van der Waals surface area contributed by atoms with Crippen LogP contribution in [0, 0.1) is 5.92 Å². The van der Waals surface area contributed by atoms with Gasteiger partial charge < -0.3 is 19.3 Å². The molecule has 1 fully saturated rings. The molecule has 1 saturated heterocycles. The topological polar surface area (TPSA) is 47.9 Å². The van der Waals surface area contributed by atoms with E-state index in [0.29, 0.717) is 11.5 Å². The third kappa shape index (κ3) is 2.44. The van der Waals surface area contributed by atoms with Crippen LogP contribution in [0.2, 0.25) is 0 Å². The van der Waals surface area contributed by atoms with E-state index in [2.05, 4.69) is 0 Å². The Hall–Kier alpha value is -1.26. The highest BCUT2D eigenvalue weighted by molar-refractivity contribution is 5.48. The predicted molar refractivity (Wildman–Crippen MR) is 68.0 cm³/mol. The van der Waals surface area contributed by atoms with E-state index in [-0.39, 0.29) is 18.6 Å². The lowest BCUT2D eigenvalue weighted by atomic mass is 9.89. The van der Waals surface area contributed by atoms with Crippen LogP contribution >= 0.6 is 0 Å². The summed E-state index contributed by atoms with van der Waals surface area (Å²) in [7, 11) is 3.24. The van der Waals surface area contributed by atoms with Gasteiger partial charge in [-0.3, -0.25) is 0 Å². The molecule has 2 rings (SSSR count). The lowest BCUT2D eigenvalue weighted by molar-refractivity contribution is -0.0468. The van der Waals surface area contributed by atoms with Crippen molar-refractivity contribution in [1.82, 2.24) is 0 Å². The monoisotopic (exact) mass is 252 g/mol. The quantitative estimate of drug-likeness (QED) is 0.892. The summed E-state index contributed by atoms with van der Waals surface area (Å²) in [5.74, 6) is 1.52. The molecule has 0 spiro atoms. The molecule has 1 N–H and O–H groups in total. The van der Waals surface area contributed by atoms with Gasteiger partial charge in [-0.25, -0.2) is 0 Å². The number of methoxy groups -OCH3 is 2. The number of aliphatic hydroxyl groups is 1. The van der Waals surface area contributed by atoms with Crippen LogP contribution in [-0.4, -0.2) is 32.5 Å². The Bertz CT molecular complexity index is 391. The molecule has 1 heterocycles. The van der Waals surface area contributed by atoms with Crippen molar-refractivity contribution >= 4 is 0 Å². The maximum absolute atomic E-state index is 9.46. The zero-order chi connectivity index (χ0) is 13.0. The van der Waals surface area contributed by atoms with Gasteiger partial charge >= 0.3 is 0 Å². The fourth-order valence-electron chi connectivity index (χ4n) is 2.51.